The Hall–Kier alpha value is -2.25. The van der Waals surface area contributed by atoms with E-state index >= 15 is 0 Å². The second-order valence-electron chi connectivity index (χ2n) is 6.36. The van der Waals surface area contributed by atoms with Gasteiger partial charge in [-0.15, -0.1) is 0 Å². The second-order valence-corrected chi connectivity index (χ2v) is 7.93. The Morgan fingerprint density at radius 1 is 1.07 bits per heavy atom. The maximum Gasteiger partial charge on any atom is 0.255 e. The number of amides is 1. The Balaban J connectivity index is 1.87. The van der Waals surface area contributed by atoms with Gasteiger partial charge in [0.05, 0.1) is 10.2 Å². The summed E-state index contributed by atoms with van der Waals surface area (Å²) in [5.74, 6) is 0.941. The molecule has 3 aromatic rings. The molecule has 0 saturated heterocycles. The molecule has 1 N–H and O–H groups in total. The first-order valence-electron chi connectivity index (χ1n) is 9.19. The summed E-state index contributed by atoms with van der Waals surface area (Å²) in [5, 5.41) is 3.53. The molecule has 4 nitrogen and oxygen atoms in total. The molecule has 0 heterocycles. The minimum Gasteiger partial charge on any atom is -0.489 e. The Labute approximate surface area is 189 Å². The van der Waals surface area contributed by atoms with Gasteiger partial charge in [0, 0.05) is 16.3 Å². The fraction of sp³-hybridized carbons (Fsp3) is 0.174. The van der Waals surface area contributed by atoms with E-state index in [1.807, 2.05) is 50.2 Å². The smallest absolute Gasteiger partial charge is 0.255 e. The highest BCUT2D eigenvalue weighted by atomic mass is 127. The van der Waals surface area contributed by atoms with Gasteiger partial charge < -0.3 is 14.8 Å². The zero-order valence-electron chi connectivity index (χ0n) is 16.2. The number of hydrogen-bond donors (Lipinski definition) is 1. The lowest BCUT2D eigenvalue weighted by molar-refractivity contribution is 0.102. The van der Waals surface area contributed by atoms with E-state index in [-0.39, 0.29) is 5.91 Å². The van der Waals surface area contributed by atoms with Crippen LogP contribution in [0.5, 0.6) is 11.5 Å². The van der Waals surface area contributed by atoms with Crippen LogP contribution >= 0.6 is 34.2 Å². The highest BCUT2D eigenvalue weighted by molar-refractivity contribution is 14.1. The van der Waals surface area contributed by atoms with Crippen LogP contribution in [0.1, 0.15) is 28.4 Å². The van der Waals surface area contributed by atoms with Gasteiger partial charge in [-0.25, -0.2) is 0 Å². The molecule has 0 atom stereocenters. The number of benzene rings is 3. The molecule has 0 unspecified atom stereocenters. The van der Waals surface area contributed by atoms with Crippen LogP contribution in [0, 0.1) is 10.5 Å². The monoisotopic (exact) mass is 521 g/mol. The van der Waals surface area contributed by atoms with E-state index in [0.29, 0.717) is 41.0 Å². The lowest BCUT2D eigenvalue weighted by Gasteiger charge is -2.16. The first kappa shape index (κ1) is 21.5. The third-order valence-corrected chi connectivity index (χ3v) is 5.52. The number of carbonyl (C=O) groups excluding carboxylic acids is 1. The predicted octanol–water partition coefficient (Wildman–Crippen LogP) is 6.48. The van der Waals surface area contributed by atoms with E-state index in [1.54, 1.807) is 24.3 Å². The molecule has 150 valence electrons. The van der Waals surface area contributed by atoms with Crippen LogP contribution in [0.3, 0.4) is 0 Å². The fourth-order valence-electron chi connectivity index (χ4n) is 2.76. The zero-order valence-corrected chi connectivity index (χ0v) is 19.1. The van der Waals surface area contributed by atoms with Crippen LogP contribution < -0.4 is 14.8 Å². The molecular formula is C23H21ClINO3. The molecule has 0 aliphatic rings. The molecule has 0 aromatic heterocycles. The van der Waals surface area contributed by atoms with Crippen LogP contribution in [0.4, 0.5) is 5.69 Å². The van der Waals surface area contributed by atoms with Crippen molar-refractivity contribution < 1.29 is 14.3 Å². The van der Waals surface area contributed by atoms with Crippen molar-refractivity contribution >= 4 is 45.8 Å². The third-order valence-electron chi connectivity index (χ3n) is 4.31. The summed E-state index contributed by atoms with van der Waals surface area (Å²) in [6.45, 7) is 4.67. The molecule has 0 fully saturated rings. The largest absolute Gasteiger partial charge is 0.489 e. The normalized spacial score (nSPS) is 10.5. The third kappa shape index (κ3) is 5.42. The van der Waals surface area contributed by atoms with Crippen molar-refractivity contribution in [2.45, 2.75) is 20.5 Å². The van der Waals surface area contributed by atoms with Gasteiger partial charge >= 0.3 is 0 Å². The molecule has 6 heteroatoms. The summed E-state index contributed by atoms with van der Waals surface area (Å²) in [7, 11) is 0. The molecule has 29 heavy (non-hydrogen) atoms. The molecular weight excluding hydrogens is 501 g/mol. The maximum atomic E-state index is 12.9. The van der Waals surface area contributed by atoms with Crippen molar-refractivity contribution in [2.24, 2.45) is 0 Å². The predicted molar refractivity (Wildman–Crippen MR) is 125 cm³/mol. The summed E-state index contributed by atoms with van der Waals surface area (Å²) in [6.07, 6.45) is 0. The average molecular weight is 522 g/mol. The number of anilines is 1. The van der Waals surface area contributed by atoms with Crippen molar-refractivity contribution in [3.8, 4) is 11.5 Å². The molecule has 0 spiro atoms. The van der Waals surface area contributed by atoms with Gasteiger partial charge in [-0.2, -0.15) is 0 Å². The van der Waals surface area contributed by atoms with Crippen LogP contribution in [0.2, 0.25) is 5.02 Å². The lowest BCUT2D eigenvalue weighted by Crippen LogP contribution is -2.14. The van der Waals surface area contributed by atoms with Crippen LogP contribution in [0.15, 0.2) is 60.7 Å². The molecule has 1 amide bonds. The van der Waals surface area contributed by atoms with E-state index in [9.17, 15) is 4.79 Å². The van der Waals surface area contributed by atoms with Crippen LogP contribution in [0.25, 0.3) is 0 Å². The summed E-state index contributed by atoms with van der Waals surface area (Å²) in [6, 6.07) is 18.8. The number of carbonyl (C=O) groups is 1. The van der Waals surface area contributed by atoms with Gasteiger partial charge in [0.1, 0.15) is 6.61 Å². The Morgan fingerprint density at radius 3 is 2.55 bits per heavy atom. The first-order chi connectivity index (χ1) is 14.0. The van der Waals surface area contributed by atoms with Gasteiger partial charge in [-0.05, 0) is 71.8 Å². The Morgan fingerprint density at radius 2 is 1.83 bits per heavy atom. The van der Waals surface area contributed by atoms with Crippen molar-refractivity contribution in [1.82, 2.24) is 0 Å². The highest BCUT2D eigenvalue weighted by Crippen LogP contribution is 2.35. The van der Waals surface area contributed by atoms with Crippen LogP contribution in [-0.4, -0.2) is 12.5 Å². The van der Waals surface area contributed by atoms with E-state index in [1.165, 1.54) is 0 Å². The Bertz CT molecular complexity index is 1010. The van der Waals surface area contributed by atoms with Crippen molar-refractivity contribution in [2.75, 3.05) is 11.9 Å². The second kappa shape index (κ2) is 9.98. The number of rotatable bonds is 7. The maximum absolute atomic E-state index is 12.9. The van der Waals surface area contributed by atoms with Gasteiger partial charge in [0.25, 0.3) is 5.91 Å². The summed E-state index contributed by atoms with van der Waals surface area (Å²) in [4.78, 5) is 12.9. The van der Waals surface area contributed by atoms with Crippen molar-refractivity contribution in [3.05, 3.63) is 85.9 Å². The van der Waals surface area contributed by atoms with E-state index < -0.39 is 0 Å². The van der Waals surface area contributed by atoms with Gasteiger partial charge in [0.15, 0.2) is 11.5 Å². The van der Waals surface area contributed by atoms with Crippen molar-refractivity contribution in [1.29, 1.82) is 0 Å². The lowest BCUT2D eigenvalue weighted by atomic mass is 10.1. The Kier molecular flexibility index (Phi) is 7.39. The molecule has 0 aliphatic heterocycles. The van der Waals surface area contributed by atoms with Gasteiger partial charge in [-0.3, -0.25) is 4.79 Å². The van der Waals surface area contributed by atoms with Gasteiger partial charge in [0.2, 0.25) is 0 Å². The van der Waals surface area contributed by atoms with Gasteiger partial charge in [-0.1, -0.05) is 48.0 Å². The molecule has 3 rings (SSSR count). The van der Waals surface area contributed by atoms with Crippen LogP contribution in [-0.2, 0) is 6.61 Å². The minimum atomic E-state index is -0.235. The number of hydrogen-bond acceptors (Lipinski definition) is 3. The van der Waals surface area contributed by atoms with Crippen molar-refractivity contribution in [3.63, 3.8) is 0 Å². The number of ether oxygens (including phenoxy) is 2. The van der Waals surface area contributed by atoms with E-state index in [2.05, 4.69) is 27.9 Å². The SMILES string of the molecule is CCOc1c(I)cc(C(=O)Nc2cccc(Cl)c2C)cc1OCc1ccccc1. The zero-order chi connectivity index (χ0) is 20.8. The highest BCUT2D eigenvalue weighted by Gasteiger charge is 2.17. The molecule has 3 aromatic carbocycles. The summed E-state index contributed by atoms with van der Waals surface area (Å²) < 4.78 is 12.6. The number of halogens is 2. The van der Waals surface area contributed by atoms with E-state index in [0.717, 1.165) is 14.7 Å². The van der Waals surface area contributed by atoms with E-state index in [4.69, 9.17) is 21.1 Å². The summed E-state index contributed by atoms with van der Waals surface area (Å²) >= 11 is 8.32. The number of nitrogens with one attached hydrogen (secondary N) is 1. The standard InChI is InChI=1S/C23H21ClINO3/c1-3-28-22-19(25)12-17(13-21(22)29-14-16-8-5-4-6-9-16)23(27)26-20-11-7-10-18(24)15(20)2/h4-13H,3,14H2,1-2H3,(H,26,27). The molecule has 0 saturated carbocycles. The first-order valence-corrected chi connectivity index (χ1v) is 10.6. The quantitative estimate of drug-likeness (QED) is 0.362. The fourth-order valence-corrected chi connectivity index (χ4v) is 3.70. The minimum absolute atomic E-state index is 0.235. The summed E-state index contributed by atoms with van der Waals surface area (Å²) in [5.41, 5.74) is 3.02. The molecule has 0 aliphatic carbocycles. The topological polar surface area (TPSA) is 47.6 Å². The molecule has 0 radical (unpaired) electrons. The molecule has 0 bridgehead atoms. The average Bonchev–Trinajstić information content (AvgIpc) is 2.72.